The molecule has 0 unspecified atom stereocenters. The first kappa shape index (κ1) is 16.9. The van der Waals surface area contributed by atoms with E-state index in [-0.39, 0.29) is 16.7 Å². The molecule has 1 N–H and O–H groups in total. The van der Waals surface area contributed by atoms with Gasteiger partial charge >= 0.3 is 0 Å². The predicted molar refractivity (Wildman–Crippen MR) is 91.9 cm³/mol. The summed E-state index contributed by atoms with van der Waals surface area (Å²) in [7, 11) is -1.92. The number of amides is 1. The predicted octanol–water partition coefficient (Wildman–Crippen LogP) is 1.77. The lowest BCUT2D eigenvalue weighted by Crippen LogP contribution is -2.39. The van der Waals surface area contributed by atoms with E-state index in [4.69, 9.17) is 0 Å². The highest BCUT2D eigenvalue weighted by Gasteiger charge is 2.30. The molecule has 1 fully saturated rings. The minimum Gasteiger partial charge on any atom is -0.359 e. The van der Waals surface area contributed by atoms with Gasteiger partial charge in [0.1, 0.15) is 4.90 Å². The van der Waals surface area contributed by atoms with E-state index in [0.29, 0.717) is 32.4 Å². The molecule has 2 heterocycles. The van der Waals surface area contributed by atoms with Gasteiger partial charge in [-0.05, 0) is 30.9 Å². The monoisotopic (exact) mass is 347 g/mol. The smallest absolute Gasteiger partial charge is 0.244 e. The third-order valence-corrected chi connectivity index (χ3v) is 6.39. The minimum absolute atomic E-state index is 0.00929. The molecule has 1 aliphatic heterocycles. The highest BCUT2D eigenvalue weighted by atomic mass is 32.2. The summed E-state index contributed by atoms with van der Waals surface area (Å²) in [5, 5.41) is 3.43. The van der Waals surface area contributed by atoms with Gasteiger partial charge in [0.05, 0.1) is 5.52 Å². The van der Waals surface area contributed by atoms with Crippen molar-refractivity contribution >= 4 is 26.8 Å². The Morgan fingerprint density at radius 1 is 1.29 bits per heavy atom. The summed E-state index contributed by atoms with van der Waals surface area (Å²) in [6.07, 6.45) is 3.29. The Hall–Kier alpha value is -1.99. The molecule has 1 aliphatic rings. The molecule has 0 atom stereocenters. The van der Waals surface area contributed by atoms with Crippen molar-refractivity contribution in [2.24, 2.45) is 5.92 Å². The molecule has 1 amide bonds. The topological polar surface area (TPSA) is 79.4 Å². The Balaban J connectivity index is 1.75. The molecule has 1 aromatic carbocycles. The lowest BCUT2D eigenvalue weighted by Gasteiger charge is -2.30. The van der Waals surface area contributed by atoms with Crippen LogP contribution in [0, 0.1) is 5.92 Å². The third-order valence-electron chi connectivity index (χ3n) is 4.53. The van der Waals surface area contributed by atoms with E-state index < -0.39 is 10.0 Å². The van der Waals surface area contributed by atoms with Crippen LogP contribution in [0.5, 0.6) is 0 Å². The maximum absolute atomic E-state index is 12.8. The molecule has 3 rings (SSSR count). The van der Waals surface area contributed by atoms with Crippen LogP contribution in [0.3, 0.4) is 0 Å². The summed E-state index contributed by atoms with van der Waals surface area (Å²) in [6, 6.07) is 9.13. The molecule has 7 heteroatoms. The number of fused-ring (bicyclic) bond motifs is 1. The van der Waals surface area contributed by atoms with E-state index in [1.807, 2.05) is 24.3 Å². The molecule has 6 nitrogen and oxygen atoms in total. The Morgan fingerprint density at radius 3 is 2.71 bits per heavy atom. The lowest BCUT2D eigenvalue weighted by atomic mass is 9.94. The largest absolute Gasteiger partial charge is 0.359 e. The summed E-state index contributed by atoms with van der Waals surface area (Å²) in [5.41, 5.74) is 0.778. The Morgan fingerprint density at radius 2 is 2.00 bits per heavy atom. The molecule has 0 radical (unpaired) electrons. The zero-order chi connectivity index (χ0) is 17.2. The number of hydrogen-bond donors (Lipinski definition) is 1. The van der Waals surface area contributed by atoms with Gasteiger partial charge in [-0.25, -0.2) is 8.42 Å². The molecule has 1 saturated heterocycles. The summed E-state index contributed by atoms with van der Waals surface area (Å²) in [4.78, 5) is 15.9. The molecular weight excluding hydrogens is 326 g/mol. The lowest BCUT2D eigenvalue weighted by molar-refractivity contribution is -0.121. The van der Waals surface area contributed by atoms with Crippen molar-refractivity contribution in [3.05, 3.63) is 36.5 Å². The number of aromatic nitrogens is 1. The summed E-state index contributed by atoms with van der Waals surface area (Å²) in [5.74, 6) is 0.251. The first-order valence-corrected chi connectivity index (χ1v) is 9.50. The first-order chi connectivity index (χ1) is 11.5. The van der Waals surface area contributed by atoms with Crippen molar-refractivity contribution in [3.8, 4) is 0 Å². The second-order valence-corrected chi connectivity index (χ2v) is 8.03. The molecule has 0 saturated carbocycles. The first-order valence-electron chi connectivity index (χ1n) is 8.06. The number of para-hydroxylation sites is 1. The van der Waals surface area contributed by atoms with E-state index >= 15 is 0 Å². The number of sulfonamides is 1. The maximum Gasteiger partial charge on any atom is 0.244 e. The molecule has 2 aromatic rings. The second kappa shape index (κ2) is 6.86. The summed E-state index contributed by atoms with van der Waals surface area (Å²) in [6.45, 7) is 0.883. The molecule has 24 heavy (non-hydrogen) atoms. The van der Waals surface area contributed by atoms with Crippen LogP contribution in [-0.4, -0.2) is 43.8 Å². The van der Waals surface area contributed by atoms with Crippen molar-refractivity contribution in [2.75, 3.05) is 20.1 Å². The number of carbonyl (C=O) groups is 1. The average molecular weight is 347 g/mol. The normalized spacial score (nSPS) is 17.0. The Kier molecular flexibility index (Phi) is 4.82. The molecule has 1 aromatic heterocycles. The van der Waals surface area contributed by atoms with Gasteiger partial charge < -0.3 is 5.32 Å². The SMILES string of the molecule is CNC(=O)CC1CCN(S(=O)(=O)c2cnc3ccccc3c2)CC1. The van der Waals surface area contributed by atoms with E-state index in [9.17, 15) is 13.2 Å². The molecular formula is C17H21N3O3S. The third kappa shape index (κ3) is 3.42. The van der Waals surface area contributed by atoms with Crippen molar-refractivity contribution in [1.82, 2.24) is 14.6 Å². The number of piperidine rings is 1. The highest BCUT2D eigenvalue weighted by molar-refractivity contribution is 7.89. The standard InChI is InChI=1S/C17H21N3O3S/c1-18-17(21)10-13-6-8-20(9-7-13)24(22,23)15-11-14-4-2-3-5-16(14)19-12-15/h2-5,11-13H,6-10H2,1H3,(H,18,21). The van der Waals surface area contributed by atoms with Crippen molar-refractivity contribution in [1.29, 1.82) is 0 Å². The van der Waals surface area contributed by atoms with Crippen LogP contribution in [0.1, 0.15) is 19.3 Å². The van der Waals surface area contributed by atoms with Gasteiger partial charge in [0.15, 0.2) is 0 Å². The fraction of sp³-hybridized carbons (Fsp3) is 0.412. The fourth-order valence-electron chi connectivity index (χ4n) is 3.06. The number of nitrogens with zero attached hydrogens (tertiary/aromatic N) is 2. The van der Waals surface area contributed by atoms with Crippen molar-refractivity contribution in [2.45, 2.75) is 24.2 Å². The average Bonchev–Trinajstić information content (AvgIpc) is 2.61. The van der Waals surface area contributed by atoms with Gasteiger partial charge in [0.2, 0.25) is 15.9 Å². The molecule has 0 spiro atoms. The number of benzene rings is 1. The Bertz CT molecular complexity index is 843. The fourth-order valence-corrected chi connectivity index (χ4v) is 4.51. The van der Waals surface area contributed by atoms with E-state index in [1.165, 1.54) is 10.5 Å². The van der Waals surface area contributed by atoms with Crippen LogP contribution in [0.2, 0.25) is 0 Å². The van der Waals surface area contributed by atoms with Crippen molar-refractivity contribution in [3.63, 3.8) is 0 Å². The van der Waals surface area contributed by atoms with E-state index in [0.717, 1.165) is 10.9 Å². The number of nitrogens with one attached hydrogen (secondary N) is 1. The van der Waals surface area contributed by atoms with Crippen LogP contribution in [0.4, 0.5) is 0 Å². The summed E-state index contributed by atoms with van der Waals surface area (Å²) < 4.78 is 27.1. The van der Waals surface area contributed by atoms with Gasteiger partial charge in [-0.15, -0.1) is 0 Å². The molecule has 0 bridgehead atoms. The van der Waals surface area contributed by atoms with Gasteiger partial charge in [-0.2, -0.15) is 4.31 Å². The second-order valence-electron chi connectivity index (χ2n) is 6.09. The molecule has 128 valence electrons. The van der Waals surface area contributed by atoms with Crippen LogP contribution < -0.4 is 5.32 Å². The van der Waals surface area contributed by atoms with Gasteiger partial charge in [0, 0.05) is 38.1 Å². The maximum atomic E-state index is 12.8. The van der Waals surface area contributed by atoms with E-state index in [2.05, 4.69) is 10.3 Å². The molecule has 0 aliphatic carbocycles. The van der Waals surface area contributed by atoms with E-state index in [1.54, 1.807) is 13.1 Å². The minimum atomic E-state index is -3.54. The quantitative estimate of drug-likeness (QED) is 0.914. The van der Waals surface area contributed by atoms with Crippen LogP contribution in [-0.2, 0) is 14.8 Å². The number of carbonyl (C=O) groups excluding carboxylic acids is 1. The zero-order valence-electron chi connectivity index (χ0n) is 13.6. The van der Waals surface area contributed by atoms with Crippen LogP contribution >= 0.6 is 0 Å². The highest BCUT2D eigenvalue weighted by Crippen LogP contribution is 2.26. The van der Waals surface area contributed by atoms with Crippen molar-refractivity contribution < 1.29 is 13.2 Å². The number of pyridine rings is 1. The van der Waals surface area contributed by atoms with Crippen LogP contribution in [0.15, 0.2) is 41.4 Å². The zero-order valence-corrected chi connectivity index (χ0v) is 14.4. The number of hydrogen-bond acceptors (Lipinski definition) is 4. The Labute approximate surface area is 141 Å². The van der Waals surface area contributed by atoms with Gasteiger partial charge in [-0.1, -0.05) is 18.2 Å². The van der Waals surface area contributed by atoms with Gasteiger partial charge in [0.25, 0.3) is 0 Å². The van der Waals surface area contributed by atoms with Crippen LogP contribution in [0.25, 0.3) is 10.9 Å². The summed E-state index contributed by atoms with van der Waals surface area (Å²) >= 11 is 0. The van der Waals surface area contributed by atoms with Gasteiger partial charge in [-0.3, -0.25) is 9.78 Å². The number of rotatable bonds is 4.